The van der Waals surface area contributed by atoms with Crippen LogP contribution in [0.4, 0.5) is 0 Å². The van der Waals surface area contributed by atoms with Crippen LogP contribution in [0.2, 0.25) is 0 Å². The minimum absolute atomic E-state index is 0.0276. The van der Waals surface area contributed by atoms with Gasteiger partial charge >= 0.3 is 0 Å². The zero-order valence-corrected chi connectivity index (χ0v) is 17.6. The van der Waals surface area contributed by atoms with Crippen LogP contribution in [0.25, 0.3) is 10.4 Å². The van der Waals surface area contributed by atoms with Crippen molar-refractivity contribution in [2.24, 2.45) is 5.92 Å². The van der Waals surface area contributed by atoms with E-state index < -0.39 is 0 Å². The summed E-state index contributed by atoms with van der Waals surface area (Å²) in [6, 6.07) is 9.76. The smallest absolute Gasteiger partial charge is 0.264 e. The van der Waals surface area contributed by atoms with Crippen LogP contribution in [0.15, 0.2) is 30.3 Å². The Bertz CT molecular complexity index is 908. The normalized spacial score (nSPS) is 18.6. The maximum atomic E-state index is 13.0. The van der Waals surface area contributed by atoms with Gasteiger partial charge in [-0.15, -0.1) is 11.3 Å². The molecule has 0 bridgehead atoms. The maximum absolute atomic E-state index is 13.0. The van der Waals surface area contributed by atoms with Gasteiger partial charge in [0.15, 0.2) is 11.5 Å². The Hall–Kier alpha value is -2.54. The van der Waals surface area contributed by atoms with Crippen molar-refractivity contribution in [3.63, 3.8) is 0 Å². The van der Waals surface area contributed by atoms with Gasteiger partial charge in [0.2, 0.25) is 5.91 Å². The summed E-state index contributed by atoms with van der Waals surface area (Å²) in [4.78, 5) is 28.6. The Morgan fingerprint density at radius 1 is 1.14 bits per heavy atom. The number of benzene rings is 1. The average Bonchev–Trinajstić information content (AvgIpc) is 3.23. The number of hydrogen-bond donors (Lipinski definition) is 1. The fourth-order valence-corrected chi connectivity index (χ4v) is 4.58. The molecule has 154 valence electrons. The number of nitrogens with one attached hydrogen (secondary N) is 1. The van der Waals surface area contributed by atoms with Gasteiger partial charge in [-0.05, 0) is 48.7 Å². The van der Waals surface area contributed by atoms with Gasteiger partial charge in [-0.1, -0.05) is 13.8 Å². The quantitative estimate of drug-likeness (QED) is 0.831. The van der Waals surface area contributed by atoms with Gasteiger partial charge in [0.05, 0.1) is 4.88 Å². The van der Waals surface area contributed by atoms with Crippen molar-refractivity contribution >= 4 is 23.2 Å². The zero-order valence-electron chi connectivity index (χ0n) is 16.8. The van der Waals surface area contributed by atoms with Crippen molar-refractivity contribution in [1.29, 1.82) is 0 Å². The molecule has 2 aromatic rings. The fraction of sp³-hybridized carbons (Fsp3) is 0.455. The van der Waals surface area contributed by atoms with Crippen LogP contribution in [0.1, 0.15) is 36.4 Å². The Kier molecular flexibility index (Phi) is 5.76. The van der Waals surface area contributed by atoms with Gasteiger partial charge in [-0.25, -0.2) is 0 Å². The summed E-state index contributed by atoms with van der Waals surface area (Å²) < 4.78 is 11.2. The zero-order chi connectivity index (χ0) is 20.4. The van der Waals surface area contributed by atoms with Crippen LogP contribution >= 0.6 is 11.3 Å². The highest BCUT2D eigenvalue weighted by Gasteiger charge is 2.27. The second-order valence-corrected chi connectivity index (χ2v) is 8.86. The van der Waals surface area contributed by atoms with Crippen molar-refractivity contribution in [1.82, 2.24) is 10.2 Å². The molecule has 1 unspecified atom stereocenters. The summed E-state index contributed by atoms with van der Waals surface area (Å²) in [6.45, 7) is 6.17. The van der Waals surface area contributed by atoms with E-state index in [1.807, 2.05) is 49.1 Å². The SMILES string of the molecule is CC(C)C(=O)NC1CCCN(C(=O)c2ccc(-c3ccc4c(c3)OCCO4)s2)C1. The standard InChI is InChI=1S/C22H26N2O4S/c1-14(2)21(25)23-16-4-3-9-24(13-16)22(26)20-8-7-19(29-20)15-5-6-17-18(12-15)28-11-10-27-17/h5-8,12,14,16H,3-4,9-11,13H2,1-2H3,(H,23,25). The first-order valence-corrected chi connectivity index (χ1v) is 10.9. The number of thiophene rings is 1. The first-order chi connectivity index (χ1) is 14.0. The molecule has 1 atom stereocenters. The summed E-state index contributed by atoms with van der Waals surface area (Å²) in [5, 5.41) is 3.06. The molecule has 6 nitrogen and oxygen atoms in total. The topological polar surface area (TPSA) is 67.9 Å². The largest absolute Gasteiger partial charge is 0.486 e. The Morgan fingerprint density at radius 2 is 1.93 bits per heavy atom. The molecule has 0 aliphatic carbocycles. The van der Waals surface area contributed by atoms with Crippen molar-refractivity contribution in [3.05, 3.63) is 35.2 Å². The molecular weight excluding hydrogens is 388 g/mol. The third kappa shape index (κ3) is 4.40. The predicted molar refractivity (Wildman–Crippen MR) is 113 cm³/mol. The number of rotatable bonds is 4. The molecule has 1 N–H and O–H groups in total. The second-order valence-electron chi connectivity index (χ2n) is 7.78. The van der Waals surface area contributed by atoms with E-state index in [1.165, 1.54) is 11.3 Å². The van der Waals surface area contributed by atoms with Crippen molar-refractivity contribution in [2.75, 3.05) is 26.3 Å². The number of hydrogen-bond acceptors (Lipinski definition) is 5. The highest BCUT2D eigenvalue weighted by molar-refractivity contribution is 7.17. The molecule has 2 amide bonds. The molecule has 0 spiro atoms. The van der Waals surface area contributed by atoms with E-state index in [0.29, 0.717) is 24.6 Å². The second kappa shape index (κ2) is 8.45. The maximum Gasteiger partial charge on any atom is 0.264 e. The van der Waals surface area contributed by atoms with Crippen molar-refractivity contribution in [3.8, 4) is 21.9 Å². The van der Waals surface area contributed by atoms with Crippen LogP contribution in [-0.2, 0) is 4.79 Å². The number of carbonyl (C=O) groups is 2. The lowest BCUT2D eigenvalue weighted by atomic mass is 10.0. The first-order valence-electron chi connectivity index (χ1n) is 10.1. The lowest BCUT2D eigenvalue weighted by Gasteiger charge is -2.33. The monoisotopic (exact) mass is 414 g/mol. The van der Waals surface area contributed by atoms with E-state index in [-0.39, 0.29) is 23.8 Å². The van der Waals surface area contributed by atoms with Gasteiger partial charge in [0.1, 0.15) is 13.2 Å². The predicted octanol–water partition coefficient (Wildman–Crippen LogP) is 3.56. The number of likely N-dealkylation sites (tertiary alicyclic amines) is 1. The summed E-state index contributed by atoms with van der Waals surface area (Å²) in [5.74, 6) is 1.53. The number of amides is 2. The first kappa shape index (κ1) is 19.8. The molecule has 3 heterocycles. The van der Waals surface area contributed by atoms with E-state index in [9.17, 15) is 9.59 Å². The fourth-order valence-electron chi connectivity index (χ4n) is 3.61. The highest BCUT2D eigenvalue weighted by Crippen LogP contribution is 2.37. The summed E-state index contributed by atoms with van der Waals surface area (Å²) in [7, 11) is 0. The van der Waals surface area contributed by atoms with E-state index >= 15 is 0 Å². The van der Waals surface area contributed by atoms with E-state index in [4.69, 9.17) is 9.47 Å². The number of piperidine rings is 1. The molecule has 1 saturated heterocycles. The third-order valence-corrected chi connectivity index (χ3v) is 6.35. The molecule has 2 aliphatic rings. The van der Waals surface area contributed by atoms with Gasteiger partial charge in [-0.3, -0.25) is 9.59 Å². The van der Waals surface area contributed by atoms with Gasteiger partial charge in [-0.2, -0.15) is 0 Å². The molecule has 2 aliphatic heterocycles. The number of ether oxygens (including phenoxy) is 2. The van der Waals surface area contributed by atoms with Gasteiger partial charge in [0, 0.05) is 29.9 Å². The number of carbonyl (C=O) groups excluding carboxylic acids is 2. The molecule has 1 aromatic carbocycles. The number of fused-ring (bicyclic) bond motifs is 1. The van der Waals surface area contributed by atoms with Gasteiger partial charge in [0.25, 0.3) is 5.91 Å². The molecule has 0 radical (unpaired) electrons. The Balaban J connectivity index is 1.45. The van der Waals surface area contributed by atoms with Crippen LogP contribution in [0.3, 0.4) is 0 Å². The molecular formula is C22H26N2O4S. The van der Waals surface area contributed by atoms with E-state index in [2.05, 4.69) is 5.32 Å². The van der Waals surface area contributed by atoms with E-state index in [0.717, 1.165) is 41.3 Å². The van der Waals surface area contributed by atoms with Crippen molar-refractivity contribution in [2.45, 2.75) is 32.7 Å². The van der Waals surface area contributed by atoms with Crippen LogP contribution < -0.4 is 14.8 Å². The van der Waals surface area contributed by atoms with Gasteiger partial charge < -0.3 is 19.7 Å². The molecule has 29 heavy (non-hydrogen) atoms. The molecule has 1 fully saturated rings. The summed E-state index contributed by atoms with van der Waals surface area (Å²) in [5.41, 5.74) is 1.01. The molecule has 0 saturated carbocycles. The number of nitrogens with zero attached hydrogens (tertiary/aromatic N) is 1. The lowest BCUT2D eigenvalue weighted by Crippen LogP contribution is -2.50. The van der Waals surface area contributed by atoms with Crippen LogP contribution in [-0.4, -0.2) is 49.1 Å². The Morgan fingerprint density at radius 3 is 2.72 bits per heavy atom. The van der Waals surface area contributed by atoms with Crippen LogP contribution in [0.5, 0.6) is 11.5 Å². The molecule has 1 aromatic heterocycles. The summed E-state index contributed by atoms with van der Waals surface area (Å²) in [6.07, 6.45) is 1.81. The minimum atomic E-state index is -0.0491. The average molecular weight is 415 g/mol. The third-order valence-electron chi connectivity index (χ3n) is 5.22. The minimum Gasteiger partial charge on any atom is -0.486 e. The van der Waals surface area contributed by atoms with E-state index in [1.54, 1.807) is 0 Å². The highest BCUT2D eigenvalue weighted by atomic mass is 32.1. The van der Waals surface area contributed by atoms with Crippen LogP contribution in [0, 0.1) is 5.92 Å². The lowest BCUT2D eigenvalue weighted by molar-refractivity contribution is -0.125. The molecule has 7 heteroatoms. The molecule has 4 rings (SSSR count). The summed E-state index contributed by atoms with van der Waals surface area (Å²) >= 11 is 1.48. The Labute approximate surface area is 174 Å². The van der Waals surface area contributed by atoms with Crippen molar-refractivity contribution < 1.29 is 19.1 Å².